The summed E-state index contributed by atoms with van der Waals surface area (Å²) in [6, 6.07) is 0. The second-order valence-corrected chi connectivity index (χ2v) is 5.20. The predicted octanol–water partition coefficient (Wildman–Crippen LogP) is 2.77. The molecule has 0 aromatic carbocycles. The minimum absolute atomic E-state index is 0.0998. The molecule has 4 nitrogen and oxygen atoms in total. The van der Waals surface area contributed by atoms with Crippen LogP contribution in [0, 0.1) is 5.41 Å². The zero-order valence-corrected chi connectivity index (χ0v) is 12.4. The lowest BCUT2D eigenvalue weighted by Gasteiger charge is -2.26. The molecule has 0 fully saturated rings. The van der Waals surface area contributed by atoms with Crippen molar-refractivity contribution in [1.29, 1.82) is 0 Å². The van der Waals surface area contributed by atoms with E-state index >= 15 is 0 Å². The largest absolute Gasteiger partial charge is 0.465 e. The first-order valence-corrected chi connectivity index (χ1v) is 6.95. The van der Waals surface area contributed by atoms with E-state index in [1.807, 2.05) is 13.0 Å². The van der Waals surface area contributed by atoms with E-state index in [1.165, 1.54) is 13.0 Å². The number of carbonyl (C=O) groups excluding carboxylic acids is 3. The molecular weight excluding hydrogens is 256 g/mol. The van der Waals surface area contributed by atoms with Crippen LogP contribution in [0.3, 0.4) is 0 Å². The van der Waals surface area contributed by atoms with Crippen LogP contribution in [0.4, 0.5) is 0 Å². The van der Waals surface area contributed by atoms with E-state index in [2.05, 4.69) is 0 Å². The van der Waals surface area contributed by atoms with Gasteiger partial charge in [-0.15, -0.1) is 0 Å². The number of ketones is 2. The first-order chi connectivity index (χ1) is 9.42. The van der Waals surface area contributed by atoms with E-state index in [0.717, 1.165) is 5.57 Å². The third kappa shape index (κ3) is 3.89. The van der Waals surface area contributed by atoms with Crippen LogP contribution in [-0.2, 0) is 19.1 Å². The summed E-state index contributed by atoms with van der Waals surface area (Å²) < 4.78 is 5.10. The summed E-state index contributed by atoms with van der Waals surface area (Å²) in [6.07, 6.45) is 6.52. The van der Waals surface area contributed by atoms with E-state index in [0.29, 0.717) is 19.3 Å². The van der Waals surface area contributed by atoms with Gasteiger partial charge >= 0.3 is 5.97 Å². The van der Waals surface area contributed by atoms with Crippen molar-refractivity contribution in [3.63, 3.8) is 0 Å². The van der Waals surface area contributed by atoms with Crippen molar-refractivity contribution in [3.05, 3.63) is 23.8 Å². The molecule has 0 saturated heterocycles. The quantitative estimate of drug-likeness (QED) is 0.336. The number of carbonyl (C=O) groups is 3. The Morgan fingerprint density at radius 1 is 1.40 bits per heavy atom. The number of esters is 1. The van der Waals surface area contributed by atoms with Gasteiger partial charge < -0.3 is 4.74 Å². The molecule has 1 atom stereocenters. The summed E-state index contributed by atoms with van der Waals surface area (Å²) in [7, 11) is 0. The van der Waals surface area contributed by atoms with Crippen LogP contribution in [0.5, 0.6) is 0 Å². The molecule has 1 aliphatic rings. The molecule has 0 amide bonds. The predicted molar refractivity (Wildman–Crippen MR) is 76.1 cm³/mol. The van der Waals surface area contributed by atoms with Gasteiger partial charge in [0.05, 0.1) is 6.61 Å². The van der Waals surface area contributed by atoms with E-state index in [9.17, 15) is 14.4 Å². The molecule has 1 aliphatic carbocycles. The molecule has 110 valence electrons. The maximum atomic E-state index is 12.4. The van der Waals surface area contributed by atoms with Gasteiger partial charge in [-0.1, -0.05) is 17.7 Å². The maximum Gasteiger partial charge on any atom is 0.320 e. The van der Waals surface area contributed by atoms with Crippen LogP contribution < -0.4 is 0 Å². The van der Waals surface area contributed by atoms with Crippen LogP contribution in [-0.4, -0.2) is 24.1 Å². The van der Waals surface area contributed by atoms with Gasteiger partial charge in [0.2, 0.25) is 0 Å². The molecule has 0 saturated carbocycles. The van der Waals surface area contributed by atoms with Crippen LogP contribution in [0.1, 0.15) is 46.5 Å². The standard InChI is InChI=1S/C16H22O4/c1-4-20-15(19)16(10-5-6-13(3)17)11-9-12(2)7-8-14(16)18/h5-6,9H,4,7-8,10-11H2,1-3H3/b6-5+. The SMILES string of the molecule is CCOC(=O)C1(C/C=C/C(C)=O)CC=C(C)CCC1=O. The highest BCUT2D eigenvalue weighted by Crippen LogP contribution is 2.36. The molecule has 1 unspecified atom stereocenters. The molecule has 4 heteroatoms. The van der Waals surface area contributed by atoms with E-state index in [-0.39, 0.29) is 24.6 Å². The molecule has 0 radical (unpaired) electrons. The molecule has 0 aliphatic heterocycles. The Bertz CT molecular complexity index is 459. The van der Waals surface area contributed by atoms with Gasteiger partial charge in [0, 0.05) is 6.42 Å². The van der Waals surface area contributed by atoms with Gasteiger partial charge in [0.15, 0.2) is 11.6 Å². The summed E-state index contributed by atoms with van der Waals surface area (Å²) in [5, 5.41) is 0. The third-order valence-corrected chi connectivity index (χ3v) is 3.56. The fourth-order valence-electron chi connectivity index (χ4n) is 2.29. The highest BCUT2D eigenvalue weighted by atomic mass is 16.5. The lowest BCUT2D eigenvalue weighted by molar-refractivity contribution is -0.159. The van der Waals surface area contributed by atoms with Crippen molar-refractivity contribution >= 4 is 17.5 Å². The number of Topliss-reactive ketones (excluding diaryl/α,β-unsaturated/α-hetero) is 1. The lowest BCUT2D eigenvalue weighted by atomic mass is 9.76. The van der Waals surface area contributed by atoms with Gasteiger partial charge in [-0.25, -0.2) is 0 Å². The molecule has 0 bridgehead atoms. The summed E-state index contributed by atoms with van der Waals surface area (Å²) in [4.78, 5) is 35.7. The van der Waals surface area contributed by atoms with Crippen molar-refractivity contribution in [2.75, 3.05) is 6.61 Å². The van der Waals surface area contributed by atoms with Gasteiger partial charge in [-0.2, -0.15) is 0 Å². The van der Waals surface area contributed by atoms with Gasteiger partial charge in [-0.05, 0) is 46.1 Å². The molecule has 0 N–H and O–H groups in total. The molecule has 0 heterocycles. The molecule has 1 rings (SSSR count). The summed E-state index contributed by atoms with van der Waals surface area (Å²) in [5.41, 5.74) is -0.0558. The minimum Gasteiger partial charge on any atom is -0.465 e. The van der Waals surface area contributed by atoms with Crippen LogP contribution >= 0.6 is 0 Å². The normalized spacial score (nSPS) is 23.4. The molecule has 0 spiro atoms. The van der Waals surface area contributed by atoms with Crippen molar-refractivity contribution in [2.24, 2.45) is 5.41 Å². The van der Waals surface area contributed by atoms with Crippen molar-refractivity contribution < 1.29 is 19.1 Å². The Kier molecular flexibility index (Phi) is 5.86. The number of hydrogen-bond donors (Lipinski definition) is 0. The summed E-state index contributed by atoms with van der Waals surface area (Å²) in [6.45, 7) is 5.36. The second kappa shape index (κ2) is 7.17. The average Bonchev–Trinajstić information content (AvgIpc) is 2.52. The smallest absolute Gasteiger partial charge is 0.320 e. The van der Waals surface area contributed by atoms with Crippen LogP contribution in [0.25, 0.3) is 0 Å². The van der Waals surface area contributed by atoms with Crippen LogP contribution in [0.2, 0.25) is 0 Å². The Morgan fingerprint density at radius 3 is 2.70 bits per heavy atom. The lowest BCUT2D eigenvalue weighted by Crippen LogP contribution is -2.39. The van der Waals surface area contributed by atoms with Crippen molar-refractivity contribution in [3.8, 4) is 0 Å². The average molecular weight is 278 g/mol. The highest BCUT2D eigenvalue weighted by molar-refractivity contribution is 6.04. The third-order valence-electron chi connectivity index (χ3n) is 3.56. The first kappa shape index (κ1) is 16.3. The number of ether oxygens (including phenoxy) is 1. The zero-order chi connectivity index (χ0) is 15.2. The Balaban J connectivity index is 3.07. The van der Waals surface area contributed by atoms with Gasteiger partial charge in [-0.3, -0.25) is 14.4 Å². The van der Waals surface area contributed by atoms with Crippen LogP contribution in [0.15, 0.2) is 23.8 Å². The Labute approximate surface area is 119 Å². The number of rotatable bonds is 5. The summed E-state index contributed by atoms with van der Waals surface area (Å²) in [5.74, 6) is -0.682. The zero-order valence-electron chi connectivity index (χ0n) is 12.4. The highest BCUT2D eigenvalue weighted by Gasteiger charge is 2.45. The Hall–Kier alpha value is -1.71. The summed E-state index contributed by atoms with van der Waals surface area (Å²) >= 11 is 0. The van der Waals surface area contributed by atoms with Gasteiger partial charge in [0.25, 0.3) is 0 Å². The van der Waals surface area contributed by atoms with E-state index in [4.69, 9.17) is 4.74 Å². The van der Waals surface area contributed by atoms with E-state index < -0.39 is 11.4 Å². The van der Waals surface area contributed by atoms with Crippen molar-refractivity contribution in [1.82, 2.24) is 0 Å². The molecule has 20 heavy (non-hydrogen) atoms. The minimum atomic E-state index is -1.17. The second-order valence-electron chi connectivity index (χ2n) is 5.20. The van der Waals surface area contributed by atoms with Gasteiger partial charge in [0.1, 0.15) is 5.41 Å². The van der Waals surface area contributed by atoms with E-state index in [1.54, 1.807) is 13.0 Å². The fourth-order valence-corrected chi connectivity index (χ4v) is 2.29. The van der Waals surface area contributed by atoms with Crippen molar-refractivity contribution in [2.45, 2.75) is 46.5 Å². The Morgan fingerprint density at radius 2 is 2.10 bits per heavy atom. The topological polar surface area (TPSA) is 60.4 Å². The molecule has 0 aromatic rings. The molecule has 0 aromatic heterocycles. The first-order valence-electron chi connectivity index (χ1n) is 6.95. The fraction of sp³-hybridized carbons (Fsp3) is 0.562. The number of hydrogen-bond acceptors (Lipinski definition) is 4. The molecular formula is C16H22O4. The monoisotopic (exact) mass is 278 g/mol. The maximum absolute atomic E-state index is 12.4. The number of allylic oxidation sites excluding steroid dienone is 4.